The lowest BCUT2D eigenvalue weighted by atomic mass is 9.81. The van der Waals surface area contributed by atoms with Crippen molar-refractivity contribution in [3.05, 3.63) is 0 Å². The van der Waals surface area contributed by atoms with Gasteiger partial charge in [0.25, 0.3) is 0 Å². The Labute approximate surface area is 146 Å². The number of carbonyl (C=O) groups excluding carboxylic acids is 2. The molecule has 6 heteroatoms. The maximum Gasteiger partial charge on any atom is 0.408 e. The fourth-order valence-electron chi connectivity index (χ4n) is 2.70. The molecule has 1 N–H and O–H groups in total. The van der Waals surface area contributed by atoms with Crippen LogP contribution in [0.1, 0.15) is 74.1 Å². The van der Waals surface area contributed by atoms with E-state index in [1.807, 2.05) is 27.7 Å². The van der Waals surface area contributed by atoms with Crippen LogP contribution in [0.3, 0.4) is 0 Å². The first kappa shape index (κ1) is 20.7. The molecule has 1 fully saturated rings. The van der Waals surface area contributed by atoms with E-state index in [2.05, 4.69) is 5.32 Å². The largest absolute Gasteiger partial charge is 0.444 e. The first-order chi connectivity index (χ1) is 11.0. The van der Waals surface area contributed by atoms with Crippen LogP contribution in [0.25, 0.3) is 0 Å². The Morgan fingerprint density at radius 1 is 1.12 bits per heavy atom. The van der Waals surface area contributed by atoms with Gasteiger partial charge in [-0.1, -0.05) is 19.3 Å². The minimum absolute atomic E-state index is 0.0693. The van der Waals surface area contributed by atoms with E-state index in [0.717, 1.165) is 12.8 Å². The van der Waals surface area contributed by atoms with Crippen LogP contribution in [0, 0.1) is 5.92 Å². The molecule has 0 heterocycles. The summed E-state index contributed by atoms with van der Waals surface area (Å²) in [5.41, 5.74) is -0.600. The van der Waals surface area contributed by atoms with E-state index < -0.39 is 23.7 Å². The van der Waals surface area contributed by atoms with Gasteiger partial charge in [-0.2, -0.15) is 0 Å². The average Bonchev–Trinajstić information content (AvgIpc) is 2.35. The van der Waals surface area contributed by atoms with E-state index in [9.17, 15) is 9.59 Å². The van der Waals surface area contributed by atoms with Gasteiger partial charge in [0.15, 0.2) is 0 Å². The summed E-state index contributed by atoms with van der Waals surface area (Å²) in [5, 5.41) is 4.35. The molecule has 1 atom stereocenters. The molecule has 0 unspecified atom stereocenters. The number of rotatable bonds is 7. The summed E-state index contributed by atoms with van der Waals surface area (Å²) in [4.78, 5) is 30.2. The monoisotopic (exact) mass is 342 g/mol. The first-order valence-corrected chi connectivity index (χ1v) is 8.99. The molecule has 1 rings (SSSR count). The molecule has 140 valence electrons. The molecule has 0 aromatic heterocycles. The molecule has 0 aromatic rings. The van der Waals surface area contributed by atoms with E-state index in [-0.39, 0.29) is 12.1 Å². The van der Waals surface area contributed by atoms with Gasteiger partial charge in [0.1, 0.15) is 11.6 Å². The zero-order valence-electron chi connectivity index (χ0n) is 16.2. The standard InChI is InChI=1S/C18H34N2O4/c1-12(2)20(13(3)4)24-16(21)15(11-14-9-8-10-14)19-17(22)23-18(5,6)7/h12-15H,8-11H2,1-7H3,(H,19,22)/t15-/m1/s1. The highest BCUT2D eigenvalue weighted by Crippen LogP contribution is 2.31. The fraction of sp³-hybridized carbons (Fsp3) is 0.889. The number of hydroxylamine groups is 2. The summed E-state index contributed by atoms with van der Waals surface area (Å²) in [6.07, 6.45) is 3.39. The summed E-state index contributed by atoms with van der Waals surface area (Å²) in [6, 6.07) is -0.537. The van der Waals surface area contributed by atoms with Crippen LogP contribution < -0.4 is 5.32 Å². The number of nitrogens with one attached hydrogen (secondary N) is 1. The van der Waals surface area contributed by atoms with Crippen molar-refractivity contribution in [3.63, 3.8) is 0 Å². The van der Waals surface area contributed by atoms with Gasteiger partial charge in [-0.15, -0.1) is 5.06 Å². The molecule has 0 radical (unpaired) electrons. The lowest BCUT2D eigenvalue weighted by Gasteiger charge is -2.33. The molecule has 1 amide bonds. The third-order valence-corrected chi connectivity index (χ3v) is 3.98. The van der Waals surface area contributed by atoms with Crippen molar-refractivity contribution in [2.75, 3.05) is 0 Å². The molecule has 0 saturated heterocycles. The Kier molecular flexibility index (Phi) is 7.52. The molecule has 0 spiro atoms. The maximum atomic E-state index is 12.6. The number of ether oxygens (including phenoxy) is 1. The van der Waals surface area contributed by atoms with Gasteiger partial charge in [0.05, 0.1) is 0 Å². The van der Waals surface area contributed by atoms with Crippen molar-refractivity contribution >= 4 is 12.1 Å². The minimum Gasteiger partial charge on any atom is -0.444 e. The molecule has 0 bridgehead atoms. The van der Waals surface area contributed by atoms with E-state index in [1.54, 1.807) is 25.8 Å². The Balaban J connectivity index is 2.72. The Morgan fingerprint density at radius 2 is 1.67 bits per heavy atom. The predicted molar refractivity (Wildman–Crippen MR) is 93.3 cm³/mol. The number of nitrogens with zero attached hydrogens (tertiary/aromatic N) is 1. The van der Waals surface area contributed by atoms with Crippen molar-refractivity contribution in [2.45, 2.75) is 97.9 Å². The van der Waals surface area contributed by atoms with Gasteiger partial charge in [-0.25, -0.2) is 9.59 Å². The summed E-state index contributed by atoms with van der Waals surface area (Å²) in [6.45, 7) is 13.3. The van der Waals surface area contributed by atoms with Crippen LogP contribution >= 0.6 is 0 Å². The minimum atomic E-state index is -0.676. The molecular formula is C18H34N2O4. The van der Waals surface area contributed by atoms with Crippen molar-refractivity contribution in [2.24, 2.45) is 5.92 Å². The summed E-state index contributed by atoms with van der Waals surface area (Å²) in [7, 11) is 0. The topological polar surface area (TPSA) is 67.9 Å². The van der Waals surface area contributed by atoms with Crippen molar-refractivity contribution in [1.29, 1.82) is 0 Å². The van der Waals surface area contributed by atoms with E-state index in [4.69, 9.17) is 9.57 Å². The maximum absolute atomic E-state index is 12.6. The molecule has 1 saturated carbocycles. The molecule has 0 aromatic carbocycles. The van der Waals surface area contributed by atoms with Crippen molar-refractivity contribution in [3.8, 4) is 0 Å². The highest BCUT2D eigenvalue weighted by atomic mass is 16.7. The SMILES string of the molecule is CC(C)N(OC(=O)[C@@H](CC1CCC1)NC(=O)OC(C)(C)C)C(C)C. The average molecular weight is 342 g/mol. The first-order valence-electron chi connectivity index (χ1n) is 8.99. The normalized spacial score (nSPS) is 16.9. The lowest BCUT2D eigenvalue weighted by Crippen LogP contribution is -2.49. The van der Waals surface area contributed by atoms with Gasteiger partial charge in [0, 0.05) is 12.1 Å². The van der Waals surface area contributed by atoms with Crippen molar-refractivity contribution in [1.82, 2.24) is 10.4 Å². The number of amides is 1. The van der Waals surface area contributed by atoms with Crippen LogP contribution in [0.5, 0.6) is 0 Å². The molecule has 24 heavy (non-hydrogen) atoms. The summed E-state index contributed by atoms with van der Waals surface area (Å²) < 4.78 is 5.28. The Morgan fingerprint density at radius 3 is 2.04 bits per heavy atom. The van der Waals surface area contributed by atoms with Crippen LogP contribution in [0.2, 0.25) is 0 Å². The van der Waals surface area contributed by atoms with Gasteiger partial charge in [0.2, 0.25) is 0 Å². The number of alkyl carbamates (subject to hydrolysis) is 1. The molecule has 1 aliphatic carbocycles. The lowest BCUT2D eigenvalue weighted by molar-refractivity contribution is -0.212. The second kappa shape index (κ2) is 8.70. The van der Waals surface area contributed by atoms with Gasteiger partial charge in [-0.05, 0) is 60.8 Å². The van der Waals surface area contributed by atoms with Gasteiger partial charge >= 0.3 is 12.1 Å². The van der Waals surface area contributed by atoms with E-state index >= 15 is 0 Å². The third kappa shape index (κ3) is 7.07. The third-order valence-electron chi connectivity index (χ3n) is 3.98. The molecule has 1 aliphatic rings. The molecular weight excluding hydrogens is 308 g/mol. The van der Waals surface area contributed by atoms with Crippen LogP contribution in [0.15, 0.2) is 0 Å². The van der Waals surface area contributed by atoms with E-state index in [0.29, 0.717) is 12.3 Å². The molecule has 0 aliphatic heterocycles. The second-order valence-electron chi connectivity index (χ2n) is 8.19. The fourth-order valence-corrected chi connectivity index (χ4v) is 2.70. The number of hydrogen-bond donors (Lipinski definition) is 1. The quantitative estimate of drug-likeness (QED) is 0.715. The predicted octanol–water partition coefficient (Wildman–Crippen LogP) is 3.65. The zero-order chi connectivity index (χ0) is 18.5. The summed E-state index contributed by atoms with van der Waals surface area (Å²) in [5.74, 6) is 0.0409. The smallest absolute Gasteiger partial charge is 0.408 e. The number of carbonyl (C=O) groups is 2. The van der Waals surface area contributed by atoms with E-state index in [1.165, 1.54) is 6.42 Å². The van der Waals surface area contributed by atoms with Crippen molar-refractivity contribution < 1.29 is 19.2 Å². The Bertz CT molecular complexity index is 417. The summed E-state index contributed by atoms with van der Waals surface area (Å²) >= 11 is 0. The number of hydrogen-bond acceptors (Lipinski definition) is 5. The van der Waals surface area contributed by atoms with Gasteiger partial charge < -0.3 is 14.9 Å². The second-order valence-corrected chi connectivity index (χ2v) is 8.19. The van der Waals surface area contributed by atoms with Crippen LogP contribution in [0.4, 0.5) is 4.79 Å². The zero-order valence-corrected chi connectivity index (χ0v) is 16.2. The van der Waals surface area contributed by atoms with Crippen LogP contribution in [-0.2, 0) is 14.4 Å². The Hall–Kier alpha value is -1.30. The molecule has 6 nitrogen and oxygen atoms in total. The van der Waals surface area contributed by atoms with Crippen LogP contribution in [-0.4, -0.2) is 40.9 Å². The highest BCUT2D eigenvalue weighted by molar-refractivity contribution is 5.81. The van der Waals surface area contributed by atoms with Gasteiger partial charge in [-0.3, -0.25) is 0 Å². The highest BCUT2D eigenvalue weighted by Gasteiger charge is 2.32.